The van der Waals surface area contributed by atoms with Crippen LogP contribution in [0.25, 0.3) is 0 Å². The molecule has 2 aromatic carbocycles. The van der Waals surface area contributed by atoms with Crippen LogP contribution >= 0.6 is 0 Å². The first-order valence-electron chi connectivity index (χ1n) is 7.71. The second-order valence-corrected chi connectivity index (χ2v) is 5.22. The van der Waals surface area contributed by atoms with Crippen molar-refractivity contribution in [3.8, 4) is 0 Å². The highest BCUT2D eigenvalue weighted by molar-refractivity contribution is 5.96. The molecule has 24 heavy (non-hydrogen) atoms. The average molecular weight is 327 g/mol. The van der Waals surface area contributed by atoms with E-state index in [1.54, 1.807) is 24.3 Å². The quantitative estimate of drug-likeness (QED) is 0.650. The van der Waals surface area contributed by atoms with Crippen molar-refractivity contribution in [2.45, 2.75) is 13.0 Å². The van der Waals surface area contributed by atoms with Gasteiger partial charge in [-0.1, -0.05) is 36.4 Å². The molecule has 0 aliphatic carbocycles. The van der Waals surface area contributed by atoms with Crippen LogP contribution in [0.2, 0.25) is 0 Å². The highest BCUT2D eigenvalue weighted by Crippen LogP contribution is 2.10. The van der Waals surface area contributed by atoms with Crippen molar-refractivity contribution >= 4 is 17.6 Å². The minimum atomic E-state index is -0.664. The van der Waals surface area contributed by atoms with Crippen molar-refractivity contribution in [3.05, 3.63) is 65.7 Å². The summed E-state index contributed by atoms with van der Waals surface area (Å²) in [7, 11) is 0. The topological polar surface area (TPSA) is 93.5 Å². The minimum absolute atomic E-state index is 0.203. The van der Waals surface area contributed by atoms with E-state index in [1.807, 2.05) is 30.3 Å². The van der Waals surface area contributed by atoms with Crippen molar-refractivity contribution in [1.29, 1.82) is 0 Å². The Labute approximate surface area is 141 Å². The van der Waals surface area contributed by atoms with Crippen molar-refractivity contribution in [2.24, 2.45) is 5.73 Å². The molecule has 6 heteroatoms. The fourth-order valence-electron chi connectivity index (χ4n) is 2.12. The van der Waals surface area contributed by atoms with Gasteiger partial charge in [-0.2, -0.15) is 0 Å². The van der Waals surface area contributed by atoms with Gasteiger partial charge in [-0.15, -0.1) is 0 Å². The van der Waals surface area contributed by atoms with Crippen LogP contribution < -0.4 is 16.4 Å². The number of amides is 3. The van der Waals surface area contributed by atoms with E-state index in [1.165, 1.54) is 0 Å². The molecule has 0 aliphatic heterocycles. The highest BCUT2D eigenvalue weighted by atomic mass is 16.5. The molecule has 2 rings (SSSR count). The van der Waals surface area contributed by atoms with Crippen LogP contribution in [-0.4, -0.2) is 25.1 Å². The molecule has 0 atom stereocenters. The van der Waals surface area contributed by atoms with Crippen LogP contribution in [0.15, 0.2) is 54.6 Å². The van der Waals surface area contributed by atoms with E-state index in [-0.39, 0.29) is 5.91 Å². The predicted molar refractivity (Wildman–Crippen MR) is 92.7 cm³/mol. The third-order valence-corrected chi connectivity index (χ3v) is 3.25. The van der Waals surface area contributed by atoms with Gasteiger partial charge >= 0.3 is 6.03 Å². The zero-order chi connectivity index (χ0) is 17.2. The summed E-state index contributed by atoms with van der Waals surface area (Å²) in [4.78, 5) is 22.9. The molecule has 0 aliphatic rings. The van der Waals surface area contributed by atoms with Gasteiger partial charge < -0.3 is 21.1 Å². The van der Waals surface area contributed by atoms with Crippen LogP contribution in [0.1, 0.15) is 22.3 Å². The number of urea groups is 1. The summed E-state index contributed by atoms with van der Waals surface area (Å²) in [6.45, 7) is 1.65. The summed E-state index contributed by atoms with van der Waals surface area (Å²) < 4.78 is 5.56. The first-order valence-corrected chi connectivity index (χ1v) is 7.71. The second kappa shape index (κ2) is 9.32. The summed E-state index contributed by atoms with van der Waals surface area (Å²) in [5.41, 5.74) is 7.13. The lowest BCUT2D eigenvalue weighted by Gasteiger charge is -2.08. The van der Waals surface area contributed by atoms with Gasteiger partial charge in [-0.05, 0) is 30.2 Å². The Morgan fingerprint density at radius 3 is 2.58 bits per heavy atom. The number of benzene rings is 2. The third-order valence-electron chi connectivity index (χ3n) is 3.25. The molecule has 0 fully saturated rings. The molecule has 4 N–H and O–H groups in total. The average Bonchev–Trinajstić information content (AvgIpc) is 2.58. The van der Waals surface area contributed by atoms with E-state index in [2.05, 4.69) is 10.6 Å². The standard InChI is InChI=1S/C18H21N3O3/c19-18(23)21-16-9-4-8-15(12-16)17(22)20-10-5-11-24-13-14-6-2-1-3-7-14/h1-4,6-9,12H,5,10-11,13H2,(H,20,22)(H3,19,21,23). The van der Waals surface area contributed by atoms with Crippen molar-refractivity contribution in [2.75, 3.05) is 18.5 Å². The molecule has 3 amide bonds. The molecule has 2 aromatic rings. The van der Waals surface area contributed by atoms with Gasteiger partial charge in [0.05, 0.1) is 6.61 Å². The maximum absolute atomic E-state index is 12.0. The molecule has 126 valence electrons. The smallest absolute Gasteiger partial charge is 0.316 e. The molecule has 0 heterocycles. The Bertz CT molecular complexity index is 674. The van der Waals surface area contributed by atoms with Gasteiger partial charge in [0.25, 0.3) is 5.91 Å². The molecular formula is C18H21N3O3. The van der Waals surface area contributed by atoms with Gasteiger partial charge in [0, 0.05) is 24.4 Å². The lowest BCUT2D eigenvalue weighted by molar-refractivity contribution is 0.0934. The molecule has 6 nitrogen and oxygen atoms in total. The number of primary amides is 1. The number of carbonyl (C=O) groups is 2. The maximum atomic E-state index is 12.0. The molecule has 0 unspecified atom stereocenters. The Morgan fingerprint density at radius 2 is 1.83 bits per heavy atom. The number of carbonyl (C=O) groups excluding carboxylic acids is 2. The fourth-order valence-corrected chi connectivity index (χ4v) is 2.12. The Balaban J connectivity index is 1.67. The molecule has 0 aromatic heterocycles. The lowest BCUT2D eigenvalue weighted by Crippen LogP contribution is -2.25. The van der Waals surface area contributed by atoms with Gasteiger partial charge in [-0.25, -0.2) is 4.79 Å². The molecular weight excluding hydrogens is 306 g/mol. The van der Waals surface area contributed by atoms with Gasteiger partial charge in [0.2, 0.25) is 0 Å². The summed E-state index contributed by atoms with van der Waals surface area (Å²) in [5.74, 6) is -0.203. The number of anilines is 1. The van der Waals surface area contributed by atoms with Crippen molar-refractivity contribution in [3.63, 3.8) is 0 Å². The van der Waals surface area contributed by atoms with E-state index in [4.69, 9.17) is 10.5 Å². The Morgan fingerprint density at radius 1 is 1.04 bits per heavy atom. The monoisotopic (exact) mass is 327 g/mol. The number of rotatable bonds is 8. The van der Waals surface area contributed by atoms with Gasteiger partial charge in [0.1, 0.15) is 0 Å². The van der Waals surface area contributed by atoms with Crippen LogP contribution in [0.4, 0.5) is 10.5 Å². The molecule has 0 saturated heterocycles. The summed E-state index contributed by atoms with van der Waals surface area (Å²) in [6, 6.07) is 15.9. The molecule has 0 radical (unpaired) electrons. The minimum Gasteiger partial charge on any atom is -0.377 e. The van der Waals surface area contributed by atoms with Crippen LogP contribution in [0, 0.1) is 0 Å². The van der Waals surface area contributed by atoms with Gasteiger partial charge in [-0.3, -0.25) is 4.79 Å². The lowest BCUT2D eigenvalue weighted by atomic mass is 10.2. The number of nitrogens with one attached hydrogen (secondary N) is 2. The van der Waals surface area contributed by atoms with Crippen LogP contribution in [-0.2, 0) is 11.3 Å². The second-order valence-electron chi connectivity index (χ2n) is 5.22. The third kappa shape index (κ3) is 6.10. The predicted octanol–water partition coefficient (Wildman–Crippen LogP) is 2.51. The summed E-state index contributed by atoms with van der Waals surface area (Å²) in [6.07, 6.45) is 0.720. The van der Waals surface area contributed by atoms with E-state index in [0.29, 0.717) is 31.0 Å². The maximum Gasteiger partial charge on any atom is 0.316 e. The van der Waals surface area contributed by atoms with E-state index < -0.39 is 6.03 Å². The zero-order valence-electron chi connectivity index (χ0n) is 13.3. The molecule has 0 bridgehead atoms. The van der Waals surface area contributed by atoms with Crippen molar-refractivity contribution < 1.29 is 14.3 Å². The first kappa shape index (κ1) is 17.5. The van der Waals surface area contributed by atoms with E-state index in [0.717, 1.165) is 12.0 Å². The van der Waals surface area contributed by atoms with Crippen molar-refractivity contribution in [1.82, 2.24) is 5.32 Å². The molecule has 0 saturated carbocycles. The van der Waals surface area contributed by atoms with Gasteiger partial charge in [0.15, 0.2) is 0 Å². The number of hydrogen-bond acceptors (Lipinski definition) is 3. The Hall–Kier alpha value is -2.86. The summed E-state index contributed by atoms with van der Waals surface area (Å²) in [5, 5.41) is 5.25. The highest BCUT2D eigenvalue weighted by Gasteiger charge is 2.06. The number of nitrogens with two attached hydrogens (primary N) is 1. The molecule has 0 spiro atoms. The Kier molecular flexibility index (Phi) is 6.79. The first-order chi connectivity index (χ1) is 11.6. The summed E-state index contributed by atoms with van der Waals surface area (Å²) >= 11 is 0. The zero-order valence-corrected chi connectivity index (χ0v) is 13.3. The fraction of sp³-hybridized carbons (Fsp3) is 0.222. The van der Waals surface area contributed by atoms with Crippen LogP contribution in [0.3, 0.4) is 0 Å². The number of hydrogen-bond donors (Lipinski definition) is 3. The van der Waals surface area contributed by atoms with E-state index >= 15 is 0 Å². The largest absolute Gasteiger partial charge is 0.377 e. The SMILES string of the molecule is NC(=O)Nc1cccc(C(=O)NCCCOCc2ccccc2)c1. The normalized spacial score (nSPS) is 10.2. The number of ether oxygens (including phenoxy) is 1. The van der Waals surface area contributed by atoms with E-state index in [9.17, 15) is 9.59 Å². The van der Waals surface area contributed by atoms with Crippen LogP contribution in [0.5, 0.6) is 0 Å².